The van der Waals surface area contributed by atoms with Crippen LogP contribution in [0.4, 0.5) is 11.4 Å². The van der Waals surface area contributed by atoms with E-state index >= 15 is 0 Å². The Hall–Kier alpha value is -2.25. The summed E-state index contributed by atoms with van der Waals surface area (Å²) in [6.07, 6.45) is -0.756. The van der Waals surface area contributed by atoms with Crippen LogP contribution in [0, 0.1) is 11.3 Å². The first-order valence-corrected chi connectivity index (χ1v) is 4.91. The lowest BCUT2D eigenvalue weighted by molar-refractivity contribution is 0.959. The van der Waals surface area contributed by atoms with Crippen LogP contribution in [-0.4, -0.2) is 6.17 Å². The van der Waals surface area contributed by atoms with Gasteiger partial charge in [-0.25, -0.2) is 0 Å². The molecule has 0 aliphatic carbocycles. The maximum Gasteiger partial charge on any atom is 0.165 e. The minimum absolute atomic E-state index is 0.587. The Morgan fingerprint density at radius 1 is 1.19 bits per heavy atom. The molecule has 4 heteroatoms. The van der Waals surface area contributed by atoms with Gasteiger partial charge in [-0.2, -0.15) is 5.26 Å². The predicted molar refractivity (Wildman–Crippen MR) is 65.6 cm³/mol. The molecule has 1 atom stereocenters. The summed E-state index contributed by atoms with van der Waals surface area (Å²) in [4.78, 5) is 0. The standard InChI is InChI=1S/C12H12N4/c13-7-11(15)16-12-9-4-2-1-3-8(9)5-6-10(12)14/h1-6,11,16H,14-15H2. The first kappa shape index (κ1) is 10.3. The average molecular weight is 212 g/mol. The maximum atomic E-state index is 8.68. The number of benzene rings is 2. The molecule has 4 nitrogen and oxygen atoms in total. The number of hydrogen-bond donors (Lipinski definition) is 3. The summed E-state index contributed by atoms with van der Waals surface area (Å²) in [6, 6.07) is 13.5. The van der Waals surface area contributed by atoms with Crippen molar-refractivity contribution in [3.63, 3.8) is 0 Å². The molecule has 0 aliphatic heterocycles. The molecule has 0 heterocycles. The van der Waals surface area contributed by atoms with Crippen molar-refractivity contribution >= 4 is 22.1 Å². The normalized spacial score (nSPS) is 12.0. The Morgan fingerprint density at radius 2 is 1.94 bits per heavy atom. The molecule has 5 N–H and O–H groups in total. The molecule has 0 saturated heterocycles. The second-order valence-corrected chi connectivity index (χ2v) is 3.50. The molecule has 1 unspecified atom stereocenters. The second kappa shape index (κ2) is 4.09. The summed E-state index contributed by atoms with van der Waals surface area (Å²) in [5, 5.41) is 13.6. The SMILES string of the molecule is N#CC(N)Nc1c(N)ccc2ccccc12. The average Bonchev–Trinajstić information content (AvgIpc) is 2.32. The number of anilines is 2. The largest absolute Gasteiger partial charge is 0.397 e. The fourth-order valence-electron chi connectivity index (χ4n) is 1.64. The molecular weight excluding hydrogens is 200 g/mol. The van der Waals surface area contributed by atoms with Crippen molar-refractivity contribution in [2.45, 2.75) is 6.17 Å². The molecule has 0 radical (unpaired) electrons. The maximum absolute atomic E-state index is 8.68. The highest BCUT2D eigenvalue weighted by molar-refractivity contribution is 5.99. The summed E-state index contributed by atoms with van der Waals surface area (Å²) < 4.78 is 0. The second-order valence-electron chi connectivity index (χ2n) is 3.50. The van der Waals surface area contributed by atoms with Crippen LogP contribution < -0.4 is 16.8 Å². The van der Waals surface area contributed by atoms with E-state index in [0.29, 0.717) is 11.4 Å². The number of nitrogens with zero attached hydrogens (tertiary/aromatic N) is 1. The Bertz CT molecular complexity index is 556. The van der Waals surface area contributed by atoms with Crippen molar-refractivity contribution in [2.24, 2.45) is 5.73 Å². The van der Waals surface area contributed by atoms with Crippen LogP contribution in [0.5, 0.6) is 0 Å². The number of nitriles is 1. The molecule has 0 amide bonds. The molecule has 0 saturated carbocycles. The lowest BCUT2D eigenvalue weighted by Crippen LogP contribution is -2.27. The van der Waals surface area contributed by atoms with Crippen LogP contribution in [0.15, 0.2) is 36.4 Å². The number of hydrogen-bond acceptors (Lipinski definition) is 4. The minimum Gasteiger partial charge on any atom is -0.397 e. The third kappa shape index (κ3) is 1.76. The number of nitrogen functional groups attached to an aromatic ring is 1. The molecule has 2 aromatic carbocycles. The van der Waals surface area contributed by atoms with Gasteiger partial charge in [-0.3, -0.25) is 5.73 Å². The topological polar surface area (TPSA) is 87.9 Å². The molecular formula is C12H12N4. The smallest absolute Gasteiger partial charge is 0.165 e. The fourth-order valence-corrected chi connectivity index (χ4v) is 1.64. The van der Waals surface area contributed by atoms with Crippen LogP contribution >= 0.6 is 0 Å². The highest BCUT2D eigenvalue weighted by atomic mass is 15.0. The fraction of sp³-hybridized carbons (Fsp3) is 0.0833. The van der Waals surface area contributed by atoms with Crippen LogP contribution in [0.2, 0.25) is 0 Å². The summed E-state index contributed by atoms with van der Waals surface area (Å²) in [5.41, 5.74) is 12.7. The number of rotatable bonds is 2. The Labute approximate surface area is 93.5 Å². The van der Waals surface area contributed by atoms with Crippen LogP contribution in [-0.2, 0) is 0 Å². The first-order chi connectivity index (χ1) is 7.72. The van der Waals surface area contributed by atoms with E-state index in [1.54, 1.807) is 6.07 Å². The van der Waals surface area contributed by atoms with E-state index in [4.69, 9.17) is 16.7 Å². The molecule has 0 aromatic heterocycles. The molecule has 80 valence electrons. The van der Waals surface area contributed by atoms with Crippen LogP contribution in [0.1, 0.15) is 0 Å². The highest BCUT2D eigenvalue weighted by Crippen LogP contribution is 2.29. The number of nitrogens with two attached hydrogens (primary N) is 2. The van der Waals surface area contributed by atoms with E-state index in [9.17, 15) is 0 Å². The van der Waals surface area contributed by atoms with Gasteiger partial charge in [0.1, 0.15) is 6.07 Å². The van der Waals surface area contributed by atoms with Gasteiger partial charge < -0.3 is 11.1 Å². The molecule has 16 heavy (non-hydrogen) atoms. The van der Waals surface area contributed by atoms with E-state index in [2.05, 4.69) is 5.32 Å². The van der Waals surface area contributed by atoms with Gasteiger partial charge in [0.05, 0.1) is 11.4 Å². The lowest BCUT2D eigenvalue weighted by atomic mass is 10.1. The third-order valence-electron chi connectivity index (χ3n) is 2.40. The lowest BCUT2D eigenvalue weighted by Gasteiger charge is -2.13. The van der Waals surface area contributed by atoms with Crippen LogP contribution in [0.25, 0.3) is 10.8 Å². The van der Waals surface area contributed by atoms with Gasteiger partial charge in [-0.1, -0.05) is 30.3 Å². The van der Waals surface area contributed by atoms with Gasteiger partial charge in [0.25, 0.3) is 0 Å². The molecule has 2 aromatic rings. The molecule has 0 aliphatic rings. The van der Waals surface area contributed by atoms with Gasteiger partial charge in [0, 0.05) is 5.39 Å². The van der Waals surface area contributed by atoms with Gasteiger partial charge in [-0.15, -0.1) is 0 Å². The predicted octanol–water partition coefficient (Wildman–Crippen LogP) is 1.64. The van der Waals surface area contributed by atoms with E-state index in [1.807, 2.05) is 36.4 Å². The summed E-state index contributed by atoms with van der Waals surface area (Å²) in [5.74, 6) is 0. The van der Waals surface area contributed by atoms with E-state index in [0.717, 1.165) is 10.8 Å². The zero-order chi connectivity index (χ0) is 11.5. The van der Waals surface area contributed by atoms with Crippen molar-refractivity contribution in [1.29, 1.82) is 5.26 Å². The summed E-state index contributed by atoms with van der Waals surface area (Å²) >= 11 is 0. The first-order valence-electron chi connectivity index (χ1n) is 4.91. The van der Waals surface area contributed by atoms with Crippen molar-refractivity contribution in [2.75, 3.05) is 11.1 Å². The number of fused-ring (bicyclic) bond motifs is 1. The van der Waals surface area contributed by atoms with Crippen molar-refractivity contribution in [3.8, 4) is 6.07 Å². The van der Waals surface area contributed by atoms with Gasteiger partial charge in [0.2, 0.25) is 0 Å². The van der Waals surface area contributed by atoms with Gasteiger partial charge >= 0.3 is 0 Å². The molecule has 0 spiro atoms. The third-order valence-corrected chi connectivity index (χ3v) is 2.40. The van der Waals surface area contributed by atoms with E-state index in [1.165, 1.54) is 0 Å². The van der Waals surface area contributed by atoms with E-state index in [-0.39, 0.29) is 0 Å². The summed E-state index contributed by atoms with van der Waals surface area (Å²) in [6.45, 7) is 0. The zero-order valence-corrected chi connectivity index (χ0v) is 8.64. The van der Waals surface area contributed by atoms with Gasteiger partial charge in [0.15, 0.2) is 6.17 Å². The Balaban J connectivity index is 2.58. The zero-order valence-electron chi connectivity index (χ0n) is 8.64. The van der Waals surface area contributed by atoms with Crippen molar-refractivity contribution in [1.82, 2.24) is 0 Å². The van der Waals surface area contributed by atoms with E-state index < -0.39 is 6.17 Å². The highest BCUT2D eigenvalue weighted by Gasteiger charge is 2.07. The minimum atomic E-state index is -0.756. The molecule has 0 fully saturated rings. The molecule has 0 bridgehead atoms. The number of nitrogens with one attached hydrogen (secondary N) is 1. The van der Waals surface area contributed by atoms with Crippen molar-refractivity contribution in [3.05, 3.63) is 36.4 Å². The van der Waals surface area contributed by atoms with Crippen molar-refractivity contribution < 1.29 is 0 Å². The summed E-state index contributed by atoms with van der Waals surface area (Å²) in [7, 11) is 0. The Kier molecular flexibility index (Phi) is 2.63. The Morgan fingerprint density at radius 3 is 2.69 bits per heavy atom. The monoisotopic (exact) mass is 212 g/mol. The quantitative estimate of drug-likeness (QED) is 0.521. The van der Waals surface area contributed by atoms with Crippen LogP contribution in [0.3, 0.4) is 0 Å². The molecule has 2 rings (SSSR count). The van der Waals surface area contributed by atoms with Gasteiger partial charge in [-0.05, 0) is 11.5 Å².